The maximum atomic E-state index is 13.9. The molecule has 0 N–H and O–H groups in total. The highest BCUT2D eigenvalue weighted by molar-refractivity contribution is 6.11. The molecule has 5 rings (SSSR count). The Morgan fingerprint density at radius 3 is 2.80 bits per heavy atom. The van der Waals surface area contributed by atoms with Crippen molar-refractivity contribution >= 4 is 23.1 Å². The Balaban J connectivity index is 1.62. The first-order valence-electron chi connectivity index (χ1n) is 10.00. The van der Waals surface area contributed by atoms with Crippen LogP contribution < -0.4 is 15.4 Å². The normalized spacial score (nSPS) is 18.7. The molecule has 2 aliphatic heterocycles. The summed E-state index contributed by atoms with van der Waals surface area (Å²) in [5, 5.41) is 0. The van der Waals surface area contributed by atoms with Gasteiger partial charge >= 0.3 is 0 Å². The van der Waals surface area contributed by atoms with E-state index in [4.69, 9.17) is 4.74 Å². The molecule has 2 aliphatic rings. The molecule has 4 heterocycles. The lowest BCUT2D eigenvalue weighted by molar-refractivity contribution is 0.0982. The first kappa shape index (κ1) is 18.7. The number of pyridine rings is 1. The number of nitrogens with zero attached hydrogens (tertiary/aromatic N) is 4. The number of morpholine rings is 1. The third-order valence-electron chi connectivity index (χ3n) is 5.72. The minimum absolute atomic E-state index is 0.122. The van der Waals surface area contributed by atoms with E-state index in [1.807, 2.05) is 11.8 Å². The predicted molar refractivity (Wildman–Crippen MR) is 111 cm³/mol. The third-order valence-corrected chi connectivity index (χ3v) is 5.72. The van der Waals surface area contributed by atoms with Crippen LogP contribution in [0.5, 0.6) is 0 Å². The van der Waals surface area contributed by atoms with Gasteiger partial charge in [0.1, 0.15) is 11.6 Å². The molecule has 1 aromatic carbocycles. The zero-order valence-electron chi connectivity index (χ0n) is 16.5. The summed E-state index contributed by atoms with van der Waals surface area (Å²) in [5.41, 5.74) is 1.86. The van der Waals surface area contributed by atoms with Crippen molar-refractivity contribution in [1.29, 1.82) is 0 Å². The average Bonchev–Trinajstić information content (AvgIpc) is 3.08. The van der Waals surface area contributed by atoms with Gasteiger partial charge in [-0.1, -0.05) is 6.07 Å². The molecule has 0 aliphatic carbocycles. The van der Waals surface area contributed by atoms with E-state index in [0.717, 1.165) is 5.56 Å². The van der Waals surface area contributed by atoms with Gasteiger partial charge in [-0.2, -0.15) is 0 Å². The van der Waals surface area contributed by atoms with Crippen LogP contribution in [0.1, 0.15) is 22.8 Å². The third kappa shape index (κ3) is 3.04. The summed E-state index contributed by atoms with van der Waals surface area (Å²) in [6.45, 7) is 4.33. The molecule has 0 bridgehead atoms. The number of rotatable bonds is 2. The molecule has 0 spiro atoms. The molecule has 154 valence electrons. The molecule has 3 aromatic rings. The quantitative estimate of drug-likeness (QED) is 0.651. The zero-order chi connectivity index (χ0) is 20.8. The maximum Gasteiger partial charge on any atom is 0.262 e. The van der Waals surface area contributed by atoms with Crippen molar-refractivity contribution in [2.75, 3.05) is 36.1 Å². The fourth-order valence-corrected chi connectivity index (χ4v) is 4.25. The van der Waals surface area contributed by atoms with Crippen LogP contribution in [-0.2, 0) is 11.2 Å². The van der Waals surface area contributed by atoms with Gasteiger partial charge in [-0.15, -0.1) is 0 Å². The van der Waals surface area contributed by atoms with Gasteiger partial charge < -0.3 is 14.5 Å². The van der Waals surface area contributed by atoms with E-state index in [2.05, 4.69) is 4.98 Å². The molecule has 1 unspecified atom stereocenters. The molecular weight excluding hydrogens is 387 g/mol. The van der Waals surface area contributed by atoms with Gasteiger partial charge in [-0.05, 0) is 43.2 Å². The number of hydrogen-bond donors (Lipinski definition) is 0. The molecule has 1 saturated heterocycles. The fourth-order valence-electron chi connectivity index (χ4n) is 4.25. The second kappa shape index (κ2) is 7.21. The highest BCUT2D eigenvalue weighted by atomic mass is 19.1. The standard InChI is InChI=1S/C22H21FN4O3/c1-14-11-15-4-5-16(23)12-18(15)27(14)22(29)17-3-2-6-26-20(28)13-19(24-21(17)26)25-7-9-30-10-8-25/h2-6,12-14H,7-11H2,1H3. The number of fused-ring (bicyclic) bond motifs is 2. The molecule has 8 heteroatoms. The number of hydrogen-bond acceptors (Lipinski definition) is 5. The first-order valence-corrected chi connectivity index (χ1v) is 10.00. The number of aromatic nitrogens is 2. The topological polar surface area (TPSA) is 67.2 Å². The Morgan fingerprint density at radius 2 is 2.00 bits per heavy atom. The summed E-state index contributed by atoms with van der Waals surface area (Å²) in [6, 6.07) is 9.20. The van der Waals surface area contributed by atoms with Crippen molar-refractivity contribution < 1.29 is 13.9 Å². The van der Waals surface area contributed by atoms with Gasteiger partial charge in [0.15, 0.2) is 5.65 Å². The minimum Gasteiger partial charge on any atom is -0.378 e. The number of amides is 1. The van der Waals surface area contributed by atoms with E-state index in [-0.39, 0.29) is 23.3 Å². The largest absolute Gasteiger partial charge is 0.378 e. The molecule has 0 saturated carbocycles. The number of halogens is 1. The van der Waals surface area contributed by atoms with Crippen LogP contribution in [0.3, 0.4) is 0 Å². The van der Waals surface area contributed by atoms with E-state index in [1.54, 1.807) is 29.3 Å². The van der Waals surface area contributed by atoms with Crippen LogP contribution in [0, 0.1) is 5.82 Å². The molecule has 1 atom stereocenters. The number of benzene rings is 1. The molecule has 1 amide bonds. The Bertz CT molecular complexity index is 1200. The van der Waals surface area contributed by atoms with Gasteiger partial charge in [-0.25, -0.2) is 9.37 Å². The number of carbonyl (C=O) groups excluding carboxylic acids is 1. The maximum absolute atomic E-state index is 13.9. The summed E-state index contributed by atoms with van der Waals surface area (Å²) < 4.78 is 20.6. The Kier molecular flexibility index (Phi) is 4.51. The molecular formula is C22H21FN4O3. The molecule has 0 radical (unpaired) electrons. The SMILES string of the molecule is CC1Cc2ccc(F)cc2N1C(=O)c1cccn2c(=O)cc(N3CCOCC3)nc12. The van der Waals surface area contributed by atoms with Gasteiger partial charge in [0, 0.05) is 31.4 Å². The number of ether oxygens (including phenoxy) is 1. The van der Waals surface area contributed by atoms with Crippen LogP contribution in [0.4, 0.5) is 15.9 Å². The summed E-state index contributed by atoms with van der Waals surface area (Å²) in [5.74, 6) is -0.150. The van der Waals surface area contributed by atoms with Gasteiger partial charge in [0.25, 0.3) is 11.5 Å². The molecule has 1 fully saturated rings. The molecule has 7 nitrogen and oxygen atoms in total. The van der Waals surface area contributed by atoms with Crippen molar-refractivity contribution in [3.05, 3.63) is 69.9 Å². The van der Waals surface area contributed by atoms with E-state index < -0.39 is 0 Å². The lowest BCUT2D eigenvalue weighted by atomic mass is 10.1. The molecule has 2 aromatic heterocycles. The van der Waals surface area contributed by atoms with Crippen molar-refractivity contribution in [3.8, 4) is 0 Å². The second-order valence-corrected chi connectivity index (χ2v) is 7.67. The van der Waals surface area contributed by atoms with E-state index in [1.165, 1.54) is 22.6 Å². The average molecular weight is 408 g/mol. The summed E-state index contributed by atoms with van der Waals surface area (Å²) in [7, 11) is 0. The monoisotopic (exact) mass is 408 g/mol. The minimum atomic E-state index is -0.387. The van der Waals surface area contributed by atoms with Crippen molar-refractivity contribution in [2.45, 2.75) is 19.4 Å². The number of anilines is 2. The highest BCUT2D eigenvalue weighted by Gasteiger charge is 2.33. The van der Waals surface area contributed by atoms with Gasteiger partial charge in [0.2, 0.25) is 0 Å². The first-order chi connectivity index (χ1) is 14.5. The van der Waals surface area contributed by atoms with Crippen molar-refractivity contribution in [2.24, 2.45) is 0 Å². The predicted octanol–water partition coefficient (Wildman–Crippen LogP) is 2.26. The number of carbonyl (C=O) groups is 1. The molecule has 30 heavy (non-hydrogen) atoms. The van der Waals surface area contributed by atoms with Gasteiger partial charge in [-0.3, -0.25) is 14.0 Å². The van der Waals surface area contributed by atoms with Crippen LogP contribution in [0.25, 0.3) is 5.65 Å². The van der Waals surface area contributed by atoms with Crippen LogP contribution in [0.2, 0.25) is 0 Å². The van der Waals surface area contributed by atoms with Crippen LogP contribution in [-0.4, -0.2) is 47.6 Å². The fraction of sp³-hybridized carbons (Fsp3) is 0.318. The van der Waals surface area contributed by atoms with E-state index in [9.17, 15) is 14.0 Å². The summed E-state index contributed by atoms with van der Waals surface area (Å²) in [4.78, 5) is 34.5. The lowest BCUT2D eigenvalue weighted by Crippen LogP contribution is -2.38. The highest BCUT2D eigenvalue weighted by Crippen LogP contribution is 2.34. The summed E-state index contributed by atoms with van der Waals surface area (Å²) >= 11 is 0. The van der Waals surface area contributed by atoms with E-state index >= 15 is 0 Å². The lowest BCUT2D eigenvalue weighted by Gasteiger charge is -2.28. The Morgan fingerprint density at radius 1 is 1.20 bits per heavy atom. The van der Waals surface area contributed by atoms with Crippen molar-refractivity contribution in [3.63, 3.8) is 0 Å². The Hall–Kier alpha value is -3.26. The smallest absolute Gasteiger partial charge is 0.262 e. The van der Waals surface area contributed by atoms with Crippen LogP contribution >= 0.6 is 0 Å². The second-order valence-electron chi connectivity index (χ2n) is 7.67. The van der Waals surface area contributed by atoms with Crippen molar-refractivity contribution in [1.82, 2.24) is 9.38 Å². The zero-order valence-corrected chi connectivity index (χ0v) is 16.5. The van der Waals surface area contributed by atoms with Crippen LogP contribution in [0.15, 0.2) is 47.4 Å². The van der Waals surface area contributed by atoms with E-state index in [0.29, 0.717) is 55.4 Å². The summed E-state index contributed by atoms with van der Waals surface area (Å²) in [6.07, 6.45) is 2.25. The Labute approximate surface area is 172 Å². The van der Waals surface area contributed by atoms with Gasteiger partial charge in [0.05, 0.1) is 24.5 Å².